The van der Waals surface area contributed by atoms with Crippen molar-refractivity contribution in [3.05, 3.63) is 12.2 Å². The number of hydrogen-bond acceptors (Lipinski definition) is 1. The van der Waals surface area contributed by atoms with Gasteiger partial charge in [-0.05, 0) is 39.0 Å². The zero-order chi connectivity index (χ0) is 11.7. The first-order valence-electron chi connectivity index (χ1n) is 6.39. The van der Waals surface area contributed by atoms with Crippen molar-refractivity contribution in [3.8, 4) is 0 Å². The van der Waals surface area contributed by atoms with Crippen molar-refractivity contribution in [3.63, 3.8) is 0 Å². The van der Waals surface area contributed by atoms with Crippen LogP contribution in [0.2, 0.25) is 25.2 Å². The molecule has 0 aliphatic rings. The molecule has 0 fully saturated rings. The lowest BCUT2D eigenvalue weighted by molar-refractivity contribution is 0.304. The van der Waals surface area contributed by atoms with Gasteiger partial charge in [0, 0.05) is 0 Å². The topological polar surface area (TPSA) is 3.24 Å². The van der Waals surface area contributed by atoms with Crippen LogP contribution in [-0.4, -0.2) is 32.6 Å². The SMILES string of the molecule is CC=CC[Si](C)(C)CCCN(CC)CC. The van der Waals surface area contributed by atoms with Crippen LogP contribution in [0.15, 0.2) is 12.2 Å². The van der Waals surface area contributed by atoms with Crippen LogP contribution in [0.1, 0.15) is 27.2 Å². The molecule has 0 saturated carbocycles. The molecule has 15 heavy (non-hydrogen) atoms. The van der Waals surface area contributed by atoms with E-state index in [1.54, 1.807) is 0 Å². The molecule has 0 rings (SSSR count). The summed E-state index contributed by atoms with van der Waals surface area (Å²) in [5.74, 6) is 0. The first-order chi connectivity index (χ1) is 7.05. The monoisotopic (exact) mass is 227 g/mol. The second-order valence-corrected chi connectivity index (χ2v) is 10.3. The third kappa shape index (κ3) is 7.80. The summed E-state index contributed by atoms with van der Waals surface area (Å²) in [5.41, 5.74) is 0. The van der Waals surface area contributed by atoms with Crippen molar-refractivity contribution in [2.75, 3.05) is 19.6 Å². The predicted octanol–water partition coefficient (Wildman–Crippen LogP) is 4.00. The fourth-order valence-electron chi connectivity index (χ4n) is 1.86. The van der Waals surface area contributed by atoms with Crippen molar-refractivity contribution in [2.24, 2.45) is 0 Å². The fourth-order valence-corrected chi connectivity index (χ4v) is 4.05. The maximum Gasteiger partial charge on any atom is 0.0511 e. The molecule has 0 saturated heterocycles. The van der Waals surface area contributed by atoms with E-state index in [2.05, 4.69) is 50.9 Å². The number of hydrogen-bond donors (Lipinski definition) is 0. The van der Waals surface area contributed by atoms with Crippen LogP contribution in [0.5, 0.6) is 0 Å². The molecule has 0 heterocycles. The van der Waals surface area contributed by atoms with Crippen molar-refractivity contribution in [1.82, 2.24) is 4.90 Å². The van der Waals surface area contributed by atoms with Gasteiger partial charge in [-0.25, -0.2) is 0 Å². The summed E-state index contributed by atoms with van der Waals surface area (Å²) in [5, 5.41) is 0. The second-order valence-electron chi connectivity index (χ2n) is 5.07. The summed E-state index contributed by atoms with van der Waals surface area (Å²) in [4.78, 5) is 2.53. The molecule has 0 radical (unpaired) electrons. The Labute approximate surface area is 97.6 Å². The van der Waals surface area contributed by atoms with Crippen LogP contribution in [0, 0.1) is 0 Å². The van der Waals surface area contributed by atoms with E-state index in [0.29, 0.717) is 0 Å². The van der Waals surface area contributed by atoms with Gasteiger partial charge in [-0.15, -0.1) is 0 Å². The average Bonchev–Trinajstić information content (AvgIpc) is 2.22. The minimum absolute atomic E-state index is 0.930. The van der Waals surface area contributed by atoms with Crippen LogP contribution in [-0.2, 0) is 0 Å². The fraction of sp³-hybridized carbons (Fsp3) is 0.846. The van der Waals surface area contributed by atoms with Crippen LogP contribution < -0.4 is 0 Å². The van der Waals surface area contributed by atoms with Gasteiger partial charge in [0.1, 0.15) is 0 Å². The molecule has 0 atom stereocenters. The Morgan fingerprint density at radius 2 is 1.73 bits per heavy atom. The molecule has 0 aromatic rings. The maximum absolute atomic E-state index is 2.53. The summed E-state index contributed by atoms with van der Waals surface area (Å²) in [6.45, 7) is 15.3. The van der Waals surface area contributed by atoms with Crippen LogP contribution >= 0.6 is 0 Å². The van der Waals surface area contributed by atoms with Crippen LogP contribution in [0.25, 0.3) is 0 Å². The number of allylic oxidation sites excluding steroid dienone is 2. The van der Waals surface area contributed by atoms with Gasteiger partial charge in [-0.3, -0.25) is 0 Å². The zero-order valence-corrected chi connectivity index (χ0v) is 12.3. The normalized spacial score (nSPS) is 12.9. The van der Waals surface area contributed by atoms with Crippen LogP contribution in [0.4, 0.5) is 0 Å². The van der Waals surface area contributed by atoms with Gasteiger partial charge in [-0.1, -0.05) is 45.1 Å². The van der Waals surface area contributed by atoms with Gasteiger partial charge in [0.2, 0.25) is 0 Å². The van der Waals surface area contributed by atoms with E-state index < -0.39 is 8.07 Å². The third-order valence-corrected chi connectivity index (χ3v) is 6.18. The molecule has 0 aromatic heterocycles. The van der Waals surface area contributed by atoms with E-state index in [1.807, 2.05) is 0 Å². The van der Waals surface area contributed by atoms with Gasteiger partial charge in [0.05, 0.1) is 8.07 Å². The largest absolute Gasteiger partial charge is 0.304 e. The van der Waals surface area contributed by atoms with E-state index in [9.17, 15) is 0 Å². The molecule has 2 heteroatoms. The molecule has 1 nitrogen and oxygen atoms in total. The summed E-state index contributed by atoms with van der Waals surface area (Å²) in [6, 6.07) is 2.82. The smallest absolute Gasteiger partial charge is 0.0511 e. The summed E-state index contributed by atoms with van der Waals surface area (Å²) in [6.07, 6.45) is 5.93. The minimum atomic E-state index is -0.930. The molecular weight excluding hydrogens is 198 g/mol. The van der Waals surface area contributed by atoms with Crippen molar-refractivity contribution in [2.45, 2.75) is 52.4 Å². The number of nitrogens with zero attached hydrogens (tertiary/aromatic N) is 1. The third-order valence-electron chi connectivity index (χ3n) is 3.13. The molecule has 0 unspecified atom stereocenters. The van der Waals surface area contributed by atoms with Crippen LogP contribution in [0.3, 0.4) is 0 Å². The lowest BCUT2D eigenvalue weighted by Gasteiger charge is -2.23. The Kier molecular flexibility index (Phi) is 8.07. The van der Waals surface area contributed by atoms with E-state index in [4.69, 9.17) is 0 Å². The van der Waals surface area contributed by atoms with E-state index in [-0.39, 0.29) is 0 Å². The summed E-state index contributed by atoms with van der Waals surface area (Å²) >= 11 is 0. The van der Waals surface area contributed by atoms with Crippen molar-refractivity contribution < 1.29 is 0 Å². The Hall–Kier alpha value is -0.0831. The Morgan fingerprint density at radius 3 is 2.20 bits per heavy atom. The molecule has 0 aromatic carbocycles. The van der Waals surface area contributed by atoms with Crippen molar-refractivity contribution in [1.29, 1.82) is 0 Å². The Balaban J connectivity index is 3.73. The zero-order valence-electron chi connectivity index (χ0n) is 11.3. The predicted molar refractivity (Wildman–Crippen MR) is 74.3 cm³/mol. The molecule has 0 N–H and O–H groups in total. The van der Waals surface area contributed by atoms with E-state index in [1.165, 1.54) is 38.1 Å². The first-order valence-corrected chi connectivity index (χ1v) is 9.80. The lowest BCUT2D eigenvalue weighted by Crippen LogP contribution is -2.28. The molecular formula is C13H29NSi. The highest BCUT2D eigenvalue weighted by atomic mass is 28.3. The first kappa shape index (κ1) is 14.9. The Bertz CT molecular complexity index is 171. The van der Waals surface area contributed by atoms with Gasteiger partial charge in [-0.2, -0.15) is 0 Å². The van der Waals surface area contributed by atoms with Gasteiger partial charge in [0.15, 0.2) is 0 Å². The molecule has 0 bridgehead atoms. The minimum Gasteiger partial charge on any atom is -0.304 e. The van der Waals surface area contributed by atoms with Gasteiger partial charge < -0.3 is 4.90 Å². The van der Waals surface area contributed by atoms with Gasteiger partial charge in [0.25, 0.3) is 0 Å². The quantitative estimate of drug-likeness (QED) is 0.447. The molecule has 0 amide bonds. The standard InChI is InChI=1S/C13H29NSi/c1-6-9-12-15(4,5)13-10-11-14(7-2)8-3/h6,9H,7-8,10-13H2,1-5H3. The summed E-state index contributed by atoms with van der Waals surface area (Å²) < 4.78 is 0. The molecule has 0 spiro atoms. The van der Waals surface area contributed by atoms with Gasteiger partial charge >= 0.3 is 0 Å². The molecule has 90 valence electrons. The summed E-state index contributed by atoms with van der Waals surface area (Å²) in [7, 11) is -0.930. The highest BCUT2D eigenvalue weighted by molar-refractivity contribution is 6.77. The highest BCUT2D eigenvalue weighted by Crippen LogP contribution is 2.18. The second kappa shape index (κ2) is 8.11. The highest BCUT2D eigenvalue weighted by Gasteiger charge is 2.18. The number of rotatable bonds is 8. The molecule has 0 aliphatic carbocycles. The molecule has 0 aliphatic heterocycles. The van der Waals surface area contributed by atoms with E-state index >= 15 is 0 Å². The van der Waals surface area contributed by atoms with E-state index in [0.717, 1.165) is 0 Å². The lowest BCUT2D eigenvalue weighted by atomic mass is 10.4. The van der Waals surface area contributed by atoms with Crippen molar-refractivity contribution >= 4 is 8.07 Å². The average molecular weight is 227 g/mol. The maximum atomic E-state index is 2.53. The Morgan fingerprint density at radius 1 is 1.13 bits per heavy atom.